The minimum absolute atomic E-state index is 0.101. The maximum atomic E-state index is 12.4. The molecule has 0 aliphatic carbocycles. The summed E-state index contributed by atoms with van der Waals surface area (Å²) in [6.07, 6.45) is 0. The quantitative estimate of drug-likeness (QED) is 0.804. The number of benzene rings is 1. The van der Waals surface area contributed by atoms with E-state index in [4.69, 9.17) is 10.2 Å². The summed E-state index contributed by atoms with van der Waals surface area (Å²) in [5.41, 5.74) is 6.57. The van der Waals surface area contributed by atoms with Gasteiger partial charge < -0.3 is 14.7 Å². The molecule has 3 aromatic rings. The summed E-state index contributed by atoms with van der Waals surface area (Å²) in [5.74, 6) is 0.163. The Labute approximate surface area is 139 Å². The largest absolute Gasteiger partial charge is 0.455 e. The summed E-state index contributed by atoms with van der Waals surface area (Å²) < 4.78 is 7.36. The smallest absolute Gasteiger partial charge is 0.284 e. The van der Waals surface area contributed by atoms with Gasteiger partial charge in [0.25, 0.3) is 11.5 Å². The van der Waals surface area contributed by atoms with Gasteiger partial charge in [0.15, 0.2) is 5.76 Å². The lowest BCUT2D eigenvalue weighted by Crippen LogP contribution is -2.21. The third-order valence-electron chi connectivity index (χ3n) is 3.96. The number of nitrogens with two attached hydrogens (primary N) is 1. The van der Waals surface area contributed by atoms with Gasteiger partial charge in [0.2, 0.25) is 0 Å². The molecule has 0 fully saturated rings. The second kappa shape index (κ2) is 5.67. The van der Waals surface area contributed by atoms with Gasteiger partial charge in [0.1, 0.15) is 5.76 Å². The summed E-state index contributed by atoms with van der Waals surface area (Å²) >= 11 is 0. The Kier molecular flexibility index (Phi) is 3.79. The molecule has 1 amide bonds. The molecule has 3 rings (SSSR count). The van der Waals surface area contributed by atoms with Crippen LogP contribution in [0, 0.1) is 0 Å². The number of furan rings is 1. The van der Waals surface area contributed by atoms with Crippen molar-refractivity contribution in [3.05, 3.63) is 69.9 Å². The van der Waals surface area contributed by atoms with Crippen LogP contribution in [0.3, 0.4) is 0 Å². The van der Waals surface area contributed by atoms with E-state index >= 15 is 0 Å². The molecule has 2 N–H and O–H groups in total. The van der Waals surface area contributed by atoms with Crippen LogP contribution in [0.1, 0.15) is 42.6 Å². The molecular weight excluding hydrogens is 304 g/mol. The van der Waals surface area contributed by atoms with E-state index < -0.39 is 5.91 Å². The highest BCUT2D eigenvalue weighted by molar-refractivity contribution is 5.90. The Bertz CT molecular complexity index is 974. The van der Waals surface area contributed by atoms with Gasteiger partial charge in [-0.05, 0) is 23.6 Å². The standard InChI is InChI=1S/C19H20N2O3/c1-19(2,3)17-13(10-15(24-17)18(20)23)11-21-14-7-5-4-6-12(14)8-9-16(21)22/h4-10H,11H2,1-3H3,(H2,20,23). The van der Waals surface area contributed by atoms with Crippen LogP contribution in [0.2, 0.25) is 0 Å². The number of amides is 1. The second-order valence-electron chi connectivity index (χ2n) is 6.90. The molecular formula is C19H20N2O3. The van der Waals surface area contributed by atoms with Crippen LogP contribution < -0.4 is 11.3 Å². The lowest BCUT2D eigenvalue weighted by atomic mass is 9.90. The van der Waals surface area contributed by atoms with Crippen LogP contribution in [0.4, 0.5) is 0 Å². The van der Waals surface area contributed by atoms with Crippen molar-refractivity contribution in [2.24, 2.45) is 5.73 Å². The van der Waals surface area contributed by atoms with Gasteiger partial charge in [-0.15, -0.1) is 0 Å². The molecule has 124 valence electrons. The van der Waals surface area contributed by atoms with E-state index in [1.807, 2.05) is 51.1 Å². The Hall–Kier alpha value is -2.82. The van der Waals surface area contributed by atoms with Crippen molar-refractivity contribution in [3.63, 3.8) is 0 Å². The first-order chi connectivity index (χ1) is 11.3. The number of aromatic nitrogens is 1. The highest BCUT2D eigenvalue weighted by Gasteiger charge is 2.25. The average molecular weight is 324 g/mol. The molecule has 0 spiro atoms. The van der Waals surface area contributed by atoms with Crippen molar-refractivity contribution in [2.75, 3.05) is 0 Å². The van der Waals surface area contributed by atoms with E-state index in [0.717, 1.165) is 16.5 Å². The molecule has 0 aliphatic heterocycles. The van der Waals surface area contributed by atoms with E-state index in [0.29, 0.717) is 12.3 Å². The number of carbonyl (C=O) groups is 1. The Balaban J connectivity index is 2.17. The molecule has 0 saturated heterocycles. The predicted octanol–water partition coefficient (Wildman–Crippen LogP) is 3.04. The van der Waals surface area contributed by atoms with E-state index in [1.165, 1.54) is 0 Å². The van der Waals surface area contributed by atoms with Crippen LogP contribution in [0.25, 0.3) is 10.9 Å². The summed E-state index contributed by atoms with van der Waals surface area (Å²) in [5, 5.41) is 0.980. The Morgan fingerprint density at radius 1 is 1.17 bits per heavy atom. The van der Waals surface area contributed by atoms with Gasteiger partial charge in [-0.25, -0.2) is 0 Å². The monoisotopic (exact) mass is 324 g/mol. The topological polar surface area (TPSA) is 78.2 Å². The average Bonchev–Trinajstić information content (AvgIpc) is 2.95. The maximum absolute atomic E-state index is 12.4. The van der Waals surface area contributed by atoms with Crippen LogP contribution >= 0.6 is 0 Å². The molecule has 2 aromatic heterocycles. The zero-order valence-corrected chi connectivity index (χ0v) is 14.0. The van der Waals surface area contributed by atoms with Crippen LogP contribution in [-0.4, -0.2) is 10.5 Å². The summed E-state index contributed by atoms with van der Waals surface area (Å²) in [6.45, 7) is 6.30. The minimum Gasteiger partial charge on any atom is -0.455 e. The molecule has 5 heteroatoms. The fourth-order valence-corrected chi connectivity index (χ4v) is 2.88. The molecule has 24 heavy (non-hydrogen) atoms. The lowest BCUT2D eigenvalue weighted by Gasteiger charge is -2.18. The van der Waals surface area contributed by atoms with Gasteiger partial charge in [0.05, 0.1) is 12.1 Å². The minimum atomic E-state index is -0.614. The molecule has 5 nitrogen and oxygen atoms in total. The predicted molar refractivity (Wildman–Crippen MR) is 93.2 cm³/mol. The summed E-state index contributed by atoms with van der Waals surface area (Å²) in [6, 6.07) is 12.7. The zero-order chi connectivity index (χ0) is 17.5. The van der Waals surface area contributed by atoms with Crippen molar-refractivity contribution in [1.82, 2.24) is 4.57 Å². The van der Waals surface area contributed by atoms with E-state index in [-0.39, 0.29) is 16.7 Å². The Morgan fingerprint density at radius 2 is 1.88 bits per heavy atom. The number of fused-ring (bicyclic) bond motifs is 1. The van der Waals surface area contributed by atoms with Crippen LogP contribution in [0.5, 0.6) is 0 Å². The molecule has 0 bridgehead atoms. The molecule has 0 radical (unpaired) electrons. The number of nitrogens with zero attached hydrogens (tertiary/aromatic N) is 1. The second-order valence-corrected chi connectivity index (χ2v) is 6.90. The third-order valence-corrected chi connectivity index (χ3v) is 3.96. The van der Waals surface area contributed by atoms with Crippen molar-refractivity contribution < 1.29 is 9.21 Å². The van der Waals surface area contributed by atoms with Crippen LogP contribution in [-0.2, 0) is 12.0 Å². The fourth-order valence-electron chi connectivity index (χ4n) is 2.88. The number of primary amides is 1. The van der Waals surface area contributed by atoms with E-state index in [1.54, 1.807) is 16.7 Å². The van der Waals surface area contributed by atoms with E-state index in [9.17, 15) is 9.59 Å². The van der Waals surface area contributed by atoms with Crippen LogP contribution in [0.15, 0.2) is 51.7 Å². The molecule has 0 saturated carbocycles. The SMILES string of the molecule is CC(C)(C)c1oc(C(N)=O)cc1Cn1c(=O)ccc2ccccc21. The molecule has 0 unspecified atom stereocenters. The third kappa shape index (κ3) is 2.85. The Morgan fingerprint density at radius 3 is 2.54 bits per heavy atom. The first-order valence-corrected chi connectivity index (χ1v) is 7.79. The molecule has 1 aromatic carbocycles. The normalized spacial score (nSPS) is 11.8. The summed E-state index contributed by atoms with van der Waals surface area (Å²) in [7, 11) is 0. The van der Waals surface area contributed by atoms with Crippen molar-refractivity contribution in [3.8, 4) is 0 Å². The van der Waals surface area contributed by atoms with Crippen molar-refractivity contribution >= 4 is 16.8 Å². The lowest BCUT2D eigenvalue weighted by molar-refractivity contribution is 0.0970. The van der Waals surface area contributed by atoms with Crippen molar-refractivity contribution in [1.29, 1.82) is 0 Å². The number of hydrogen-bond donors (Lipinski definition) is 1. The number of hydrogen-bond acceptors (Lipinski definition) is 3. The highest BCUT2D eigenvalue weighted by Crippen LogP contribution is 2.29. The van der Waals surface area contributed by atoms with Gasteiger partial charge in [-0.2, -0.15) is 0 Å². The van der Waals surface area contributed by atoms with Crippen molar-refractivity contribution in [2.45, 2.75) is 32.7 Å². The molecule has 2 heterocycles. The maximum Gasteiger partial charge on any atom is 0.284 e. The summed E-state index contributed by atoms with van der Waals surface area (Å²) in [4.78, 5) is 23.9. The number of carbonyl (C=O) groups excluding carboxylic acids is 1. The molecule has 0 atom stereocenters. The van der Waals surface area contributed by atoms with E-state index in [2.05, 4.69) is 0 Å². The zero-order valence-electron chi connectivity index (χ0n) is 14.0. The fraction of sp³-hybridized carbons (Fsp3) is 0.263. The molecule has 0 aliphatic rings. The van der Waals surface area contributed by atoms with Gasteiger partial charge in [0, 0.05) is 17.0 Å². The number of rotatable bonds is 3. The number of pyridine rings is 1. The first-order valence-electron chi connectivity index (χ1n) is 7.79. The highest BCUT2D eigenvalue weighted by atomic mass is 16.4. The van der Waals surface area contributed by atoms with Gasteiger partial charge >= 0.3 is 0 Å². The van der Waals surface area contributed by atoms with Gasteiger partial charge in [-0.1, -0.05) is 39.0 Å². The first kappa shape index (κ1) is 16.1. The van der Waals surface area contributed by atoms with Gasteiger partial charge in [-0.3, -0.25) is 9.59 Å². The number of para-hydroxylation sites is 1.